The summed E-state index contributed by atoms with van der Waals surface area (Å²) in [4.78, 5) is 47.5. The van der Waals surface area contributed by atoms with Gasteiger partial charge in [-0.05, 0) is 74.9 Å². The van der Waals surface area contributed by atoms with E-state index < -0.39 is 17.7 Å². The third kappa shape index (κ3) is 7.33. The van der Waals surface area contributed by atoms with E-state index in [1.54, 1.807) is 0 Å². The fourth-order valence-electron chi connectivity index (χ4n) is 5.18. The molecule has 3 heterocycles. The second kappa shape index (κ2) is 13.2. The SMILES string of the molecule is COc1ncc(NC(=O)C(=O)NC[C@@H](C)CCCc2ccc3sc(C4CCN(C)C[C@@H]4C)nc3c2)cc1C(N)=O. The van der Waals surface area contributed by atoms with Crippen LogP contribution >= 0.6 is 11.3 Å². The molecule has 1 aliphatic rings. The molecule has 11 heteroatoms. The Morgan fingerprint density at radius 3 is 2.77 bits per heavy atom. The van der Waals surface area contributed by atoms with Gasteiger partial charge in [-0.15, -0.1) is 11.3 Å². The number of benzene rings is 1. The van der Waals surface area contributed by atoms with Crippen LogP contribution in [0, 0.1) is 11.8 Å². The molecule has 4 N–H and O–H groups in total. The summed E-state index contributed by atoms with van der Waals surface area (Å²) >= 11 is 1.83. The first kappa shape index (κ1) is 29.4. The molecule has 1 unspecified atom stereocenters. The molecule has 0 bridgehead atoms. The summed E-state index contributed by atoms with van der Waals surface area (Å²) in [5.41, 5.74) is 7.85. The zero-order valence-corrected chi connectivity index (χ0v) is 24.3. The van der Waals surface area contributed by atoms with Crippen molar-refractivity contribution in [3.05, 3.63) is 46.6 Å². The average Bonchev–Trinajstić information content (AvgIpc) is 3.34. The van der Waals surface area contributed by atoms with Crippen LogP contribution in [0.3, 0.4) is 0 Å². The lowest BCUT2D eigenvalue weighted by molar-refractivity contribution is -0.136. The number of hydrogen-bond acceptors (Lipinski definition) is 8. The Hall–Kier alpha value is -3.57. The molecular formula is C29H38N6O4S. The summed E-state index contributed by atoms with van der Waals surface area (Å²) in [5.74, 6) is -0.968. The number of likely N-dealkylation sites (tertiary alicyclic amines) is 1. The quantitative estimate of drug-likeness (QED) is 0.319. The number of hydrogen-bond donors (Lipinski definition) is 3. The minimum Gasteiger partial charge on any atom is -0.480 e. The number of anilines is 1. The van der Waals surface area contributed by atoms with E-state index in [0.29, 0.717) is 18.4 Å². The molecule has 1 saturated heterocycles. The molecule has 3 aromatic rings. The molecule has 214 valence electrons. The molecular weight excluding hydrogens is 528 g/mol. The maximum Gasteiger partial charge on any atom is 0.313 e. The number of ether oxygens (including phenoxy) is 1. The van der Waals surface area contributed by atoms with E-state index in [9.17, 15) is 14.4 Å². The minimum absolute atomic E-state index is 0.00977. The van der Waals surface area contributed by atoms with Crippen molar-refractivity contribution in [3.63, 3.8) is 0 Å². The Balaban J connectivity index is 1.22. The molecule has 1 aliphatic heterocycles. The Kier molecular flexibility index (Phi) is 9.70. The number of nitrogens with one attached hydrogen (secondary N) is 2. The van der Waals surface area contributed by atoms with E-state index in [2.05, 4.69) is 52.7 Å². The summed E-state index contributed by atoms with van der Waals surface area (Å²) in [7, 11) is 3.54. The third-order valence-electron chi connectivity index (χ3n) is 7.44. The minimum atomic E-state index is -0.847. The van der Waals surface area contributed by atoms with Gasteiger partial charge >= 0.3 is 11.8 Å². The van der Waals surface area contributed by atoms with E-state index in [4.69, 9.17) is 15.5 Å². The van der Waals surface area contributed by atoms with Crippen LogP contribution in [-0.2, 0) is 16.0 Å². The Morgan fingerprint density at radius 2 is 2.05 bits per heavy atom. The number of piperidine rings is 1. The Labute approximate surface area is 238 Å². The van der Waals surface area contributed by atoms with Crippen molar-refractivity contribution in [3.8, 4) is 5.88 Å². The molecule has 0 spiro atoms. The number of carbonyl (C=O) groups is 3. The number of fused-ring (bicyclic) bond motifs is 1. The first-order valence-corrected chi connectivity index (χ1v) is 14.5. The van der Waals surface area contributed by atoms with Gasteiger partial charge in [0.15, 0.2) is 0 Å². The molecule has 3 atom stereocenters. The van der Waals surface area contributed by atoms with Gasteiger partial charge in [-0.25, -0.2) is 9.97 Å². The predicted molar refractivity (Wildman–Crippen MR) is 157 cm³/mol. The van der Waals surface area contributed by atoms with Gasteiger partial charge in [0.05, 0.1) is 34.2 Å². The fourth-order valence-corrected chi connectivity index (χ4v) is 6.39. The summed E-state index contributed by atoms with van der Waals surface area (Å²) in [6, 6.07) is 7.92. The molecule has 40 heavy (non-hydrogen) atoms. The number of nitrogens with two attached hydrogens (primary N) is 1. The predicted octanol–water partition coefficient (Wildman–Crippen LogP) is 3.57. The van der Waals surface area contributed by atoms with Crippen LogP contribution in [0.25, 0.3) is 10.2 Å². The monoisotopic (exact) mass is 566 g/mol. The van der Waals surface area contributed by atoms with Gasteiger partial charge < -0.3 is 26.0 Å². The Morgan fingerprint density at radius 1 is 1.25 bits per heavy atom. The number of aromatic nitrogens is 2. The van der Waals surface area contributed by atoms with Crippen molar-refractivity contribution in [2.24, 2.45) is 17.6 Å². The number of thiazole rings is 1. The molecule has 2 aromatic heterocycles. The molecule has 0 radical (unpaired) electrons. The number of aryl methyl sites for hydroxylation is 1. The van der Waals surface area contributed by atoms with Crippen LogP contribution < -0.4 is 21.1 Å². The first-order valence-electron chi connectivity index (χ1n) is 13.7. The van der Waals surface area contributed by atoms with Crippen molar-refractivity contribution in [1.82, 2.24) is 20.2 Å². The summed E-state index contributed by atoms with van der Waals surface area (Å²) in [5, 5.41) is 6.37. The van der Waals surface area contributed by atoms with Crippen molar-refractivity contribution in [2.75, 3.05) is 39.1 Å². The molecule has 0 aliphatic carbocycles. The lowest BCUT2D eigenvalue weighted by Gasteiger charge is -2.33. The number of methoxy groups -OCH3 is 1. The van der Waals surface area contributed by atoms with Crippen LogP contribution in [0.4, 0.5) is 5.69 Å². The maximum atomic E-state index is 12.3. The van der Waals surface area contributed by atoms with Gasteiger partial charge in [0, 0.05) is 19.0 Å². The van der Waals surface area contributed by atoms with Crippen molar-refractivity contribution < 1.29 is 19.1 Å². The largest absolute Gasteiger partial charge is 0.480 e. The number of pyridine rings is 1. The molecule has 0 saturated carbocycles. The van der Waals surface area contributed by atoms with Crippen LogP contribution in [0.5, 0.6) is 5.88 Å². The molecule has 3 amide bonds. The summed E-state index contributed by atoms with van der Waals surface area (Å²) < 4.78 is 6.23. The van der Waals surface area contributed by atoms with Gasteiger partial charge in [-0.3, -0.25) is 14.4 Å². The lowest BCUT2D eigenvalue weighted by atomic mass is 9.88. The smallest absolute Gasteiger partial charge is 0.313 e. The highest BCUT2D eigenvalue weighted by atomic mass is 32.1. The van der Waals surface area contributed by atoms with Gasteiger partial charge in [0.2, 0.25) is 5.88 Å². The normalized spacial score (nSPS) is 18.3. The number of carbonyl (C=O) groups excluding carboxylic acids is 3. The highest BCUT2D eigenvalue weighted by molar-refractivity contribution is 7.18. The Bertz CT molecular complexity index is 1380. The van der Waals surface area contributed by atoms with E-state index in [-0.39, 0.29) is 23.0 Å². The molecule has 10 nitrogen and oxygen atoms in total. The standard InChI is InChI=1S/C29H38N6O4S/c1-17(14-31-26(37)27(38)33-20-13-22(25(30)36)28(39-4)32-15-20)6-5-7-19-8-9-24-23(12-19)34-29(40-24)21-10-11-35(3)16-18(21)2/h8-9,12-13,15,17-18,21H,5-7,10-11,14,16H2,1-4H3,(H2,30,36)(H,31,37)(H,33,38)/t17-,18-,21?/m0/s1. The fraction of sp³-hybridized carbons (Fsp3) is 0.483. The van der Waals surface area contributed by atoms with Crippen molar-refractivity contribution in [2.45, 2.75) is 45.4 Å². The lowest BCUT2D eigenvalue weighted by Crippen LogP contribution is -2.37. The third-order valence-corrected chi connectivity index (χ3v) is 8.61. The van der Waals surface area contributed by atoms with Gasteiger partial charge in [0.1, 0.15) is 5.56 Å². The van der Waals surface area contributed by atoms with Crippen LogP contribution in [0.15, 0.2) is 30.5 Å². The van der Waals surface area contributed by atoms with Crippen LogP contribution in [0.1, 0.15) is 60.0 Å². The summed E-state index contributed by atoms with van der Waals surface area (Å²) in [6.45, 7) is 6.99. The van der Waals surface area contributed by atoms with E-state index in [1.165, 1.54) is 34.6 Å². The topological polar surface area (TPSA) is 140 Å². The zero-order chi connectivity index (χ0) is 28.8. The van der Waals surface area contributed by atoms with E-state index in [0.717, 1.165) is 44.3 Å². The highest BCUT2D eigenvalue weighted by Gasteiger charge is 2.28. The average molecular weight is 567 g/mol. The summed E-state index contributed by atoms with van der Waals surface area (Å²) in [6.07, 6.45) is 5.25. The molecule has 1 aromatic carbocycles. The van der Waals surface area contributed by atoms with Gasteiger partial charge in [0.25, 0.3) is 5.91 Å². The second-order valence-electron chi connectivity index (χ2n) is 10.8. The maximum absolute atomic E-state index is 12.3. The number of nitrogens with zero attached hydrogens (tertiary/aromatic N) is 3. The van der Waals surface area contributed by atoms with Crippen molar-refractivity contribution >= 4 is 45.0 Å². The zero-order valence-electron chi connectivity index (χ0n) is 23.5. The van der Waals surface area contributed by atoms with Crippen LogP contribution in [-0.4, -0.2) is 66.4 Å². The van der Waals surface area contributed by atoms with Gasteiger partial charge in [-0.2, -0.15) is 0 Å². The number of amides is 3. The molecule has 4 rings (SSSR count). The first-order chi connectivity index (χ1) is 19.1. The number of rotatable bonds is 10. The van der Waals surface area contributed by atoms with E-state index >= 15 is 0 Å². The second-order valence-corrected chi connectivity index (χ2v) is 11.9. The molecule has 1 fully saturated rings. The van der Waals surface area contributed by atoms with Crippen molar-refractivity contribution in [1.29, 1.82) is 0 Å². The van der Waals surface area contributed by atoms with E-state index in [1.807, 2.05) is 18.3 Å². The number of primary amides is 1. The highest BCUT2D eigenvalue weighted by Crippen LogP contribution is 2.37. The van der Waals surface area contributed by atoms with Crippen LogP contribution in [0.2, 0.25) is 0 Å². The van der Waals surface area contributed by atoms with Gasteiger partial charge in [-0.1, -0.05) is 19.9 Å².